The van der Waals surface area contributed by atoms with Crippen LogP contribution in [-0.2, 0) is 4.74 Å². The molecule has 0 spiro atoms. The molecule has 4 rings (SSSR count). The van der Waals surface area contributed by atoms with Crippen LogP contribution in [0.15, 0.2) is 59.3 Å². The summed E-state index contributed by atoms with van der Waals surface area (Å²) in [7, 11) is 0. The fourth-order valence-electron chi connectivity index (χ4n) is 3.29. The second-order valence-electron chi connectivity index (χ2n) is 6.15. The van der Waals surface area contributed by atoms with Crippen LogP contribution in [0, 0.1) is 0 Å². The zero-order valence-corrected chi connectivity index (χ0v) is 16.0. The highest BCUT2D eigenvalue weighted by molar-refractivity contribution is 9.10. The van der Waals surface area contributed by atoms with Crippen molar-refractivity contribution in [1.82, 2.24) is 9.97 Å². The lowest BCUT2D eigenvalue weighted by atomic mass is 9.98. The molecule has 2 aromatic carbocycles. The molecule has 0 saturated carbocycles. The molecule has 28 heavy (non-hydrogen) atoms. The molecule has 8 heteroatoms. The highest BCUT2D eigenvalue weighted by atomic mass is 79.9. The third-order valence-corrected chi connectivity index (χ3v) is 5.09. The predicted molar refractivity (Wildman–Crippen MR) is 105 cm³/mol. The van der Waals surface area contributed by atoms with Crippen molar-refractivity contribution in [2.45, 2.75) is 5.92 Å². The fourth-order valence-corrected chi connectivity index (χ4v) is 3.58. The Morgan fingerprint density at radius 3 is 2.29 bits per heavy atom. The third kappa shape index (κ3) is 3.34. The molecule has 0 atom stereocenters. The zero-order chi connectivity index (χ0) is 19.7. The minimum absolute atomic E-state index is 0.0166. The van der Waals surface area contributed by atoms with Crippen molar-refractivity contribution in [3.63, 3.8) is 0 Å². The number of carboxylic acid groups (broad SMARTS) is 1. The quantitative estimate of drug-likeness (QED) is 0.628. The minimum Gasteiger partial charge on any atom is -0.476 e. The second-order valence-corrected chi connectivity index (χ2v) is 6.90. The van der Waals surface area contributed by atoms with Gasteiger partial charge in [-0.25, -0.2) is 19.6 Å². The first kappa shape index (κ1) is 18.1. The third-order valence-electron chi connectivity index (χ3n) is 4.51. The van der Waals surface area contributed by atoms with Crippen LogP contribution in [0.1, 0.15) is 27.5 Å². The molecule has 3 aromatic rings. The monoisotopic (exact) mass is 439 g/mol. The molecule has 0 radical (unpaired) electrons. The Morgan fingerprint density at radius 2 is 1.68 bits per heavy atom. The average molecular weight is 440 g/mol. The highest BCUT2D eigenvalue weighted by Crippen LogP contribution is 2.44. The zero-order valence-electron chi connectivity index (χ0n) is 14.4. The van der Waals surface area contributed by atoms with E-state index in [1.54, 1.807) is 0 Å². The molecular weight excluding hydrogens is 426 g/mol. The van der Waals surface area contributed by atoms with Gasteiger partial charge in [0.25, 0.3) is 0 Å². The smallest absolute Gasteiger partial charge is 0.412 e. The number of aromatic nitrogens is 2. The van der Waals surface area contributed by atoms with E-state index in [0.717, 1.165) is 28.5 Å². The average Bonchev–Trinajstić information content (AvgIpc) is 3.02. The Hall–Kier alpha value is -3.26. The normalized spacial score (nSPS) is 12.2. The lowest BCUT2D eigenvalue weighted by Gasteiger charge is -2.14. The SMILES string of the molecule is O=C(Nc1nc(C(=O)O)cnc1Br)OCC1c2ccccc2-c2ccccc21. The summed E-state index contributed by atoms with van der Waals surface area (Å²) in [6.45, 7) is 0.142. The summed E-state index contributed by atoms with van der Waals surface area (Å²) in [5.41, 5.74) is 4.19. The Balaban J connectivity index is 1.50. The van der Waals surface area contributed by atoms with Crippen LogP contribution in [0.4, 0.5) is 10.6 Å². The Kier molecular flexibility index (Phi) is 4.79. The van der Waals surface area contributed by atoms with Gasteiger partial charge < -0.3 is 9.84 Å². The van der Waals surface area contributed by atoms with E-state index in [1.165, 1.54) is 0 Å². The molecular formula is C20H14BrN3O4. The van der Waals surface area contributed by atoms with Gasteiger partial charge >= 0.3 is 12.1 Å². The number of nitrogens with zero attached hydrogens (tertiary/aromatic N) is 2. The number of anilines is 1. The first-order valence-corrected chi connectivity index (χ1v) is 9.21. The van der Waals surface area contributed by atoms with Crippen molar-refractivity contribution in [2.24, 2.45) is 0 Å². The van der Waals surface area contributed by atoms with Gasteiger partial charge in [-0.15, -0.1) is 0 Å². The number of rotatable bonds is 4. The maximum atomic E-state index is 12.3. The van der Waals surface area contributed by atoms with Crippen molar-refractivity contribution in [3.8, 4) is 11.1 Å². The number of carboxylic acids is 1. The molecule has 1 aromatic heterocycles. The number of carbonyl (C=O) groups excluding carboxylic acids is 1. The van der Waals surface area contributed by atoms with E-state index in [1.807, 2.05) is 36.4 Å². The van der Waals surface area contributed by atoms with E-state index in [9.17, 15) is 9.59 Å². The first-order valence-electron chi connectivity index (χ1n) is 8.42. The van der Waals surface area contributed by atoms with Crippen molar-refractivity contribution in [3.05, 3.63) is 76.2 Å². The molecule has 0 unspecified atom stereocenters. The van der Waals surface area contributed by atoms with Gasteiger partial charge in [0.15, 0.2) is 11.5 Å². The van der Waals surface area contributed by atoms with Crippen molar-refractivity contribution >= 4 is 33.8 Å². The number of carbonyl (C=O) groups is 2. The molecule has 1 aliphatic carbocycles. The Labute approximate surface area is 168 Å². The largest absolute Gasteiger partial charge is 0.476 e. The topological polar surface area (TPSA) is 101 Å². The Morgan fingerprint density at radius 1 is 1.07 bits per heavy atom. The van der Waals surface area contributed by atoms with Crippen LogP contribution in [0.3, 0.4) is 0 Å². The molecule has 2 N–H and O–H groups in total. The molecule has 140 valence electrons. The van der Waals surface area contributed by atoms with Gasteiger partial charge in [-0.2, -0.15) is 0 Å². The summed E-state index contributed by atoms with van der Waals surface area (Å²) in [6.07, 6.45) is 0.356. The number of fused-ring (bicyclic) bond motifs is 3. The van der Waals surface area contributed by atoms with Gasteiger partial charge in [-0.05, 0) is 38.2 Å². The molecule has 1 heterocycles. The summed E-state index contributed by atoms with van der Waals surface area (Å²) in [4.78, 5) is 31.0. The number of benzene rings is 2. The van der Waals surface area contributed by atoms with Gasteiger partial charge in [-0.1, -0.05) is 48.5 Å². The number of aromatic carboxylic acids is 1. The molecule has 1 amide bonds. The molecule has 0 bridgehead atoms. The van der Waals surface area contributed by atoms with Gasteiger partial charge in [0, 0.05) is 5.92 Å². The van der Waals surface area contributed by atoms with Crippen LogP contribution in [0.25, 0.3) is 11.1 Å². The van der Waals surface area contributed by atoms with Gasteiger partial charge in [0.1, 0.15) is 11.2 Å². The number of hydrogen-bond acceptors (Lipinski definition) is 5. The van der Waals surface area contributed by atoms with Crippen molar-refractivity contribution < 1.29 is 19.4 Å². The van der Waals surface area contributed by atoms with Crippen LogP contribution in [0.2, 0.25) is 0 Å². The first-order chi connectivity index (χ1) is 13.5. The molecule has 1 aliphatic rings. The summed E-state index contributed by atoms with van der Waals surface area (Å²) in [6, 6.07) is 16.0. The van der Waals surface area contributed by atoms with Crippen LogP contribution >= 0.6 is 15.9 Å². The van der Waals surface area contributed by atoms with E-state index in [4.69, 9.17) is 9.84 Å². The number of halogens is 1. The fraction of sp³-hybridized carbons (Fsp3) is 0.100. The van der Waals surface area contributed by atoms with Gasteiger partial charge in [0.2, 0.25) is 0 Å². The predicted octanol–water partition coefficient (Wildman–Crippen LogP) is 4.30. The lowest BCUT2D eigenvalue weighted by molar-refractivity contribution is 0.0690. The summed E-state index contributed by atoms with van der Waals surface area (Å²) >= 11 is 3.13. The standard InChI is InChI=1S/C20H14BrN3O4/c21-17-18(23-16(9-22-17)19(25)26)24-20(27)28-10-15-13-7-3-1-5-11(13)12-6-2-4-8-14(12)15/h1-9,15H,10H2,(H,25,26)(H,23,24,27). The summed E-state index contributed by atoms with van der Waals surface area (Å²) < 4.78 is 5.63. The molecule has 0 aliphatic heterocycles. The van der Waals surface area contributed by atoms with E-state index >= 15 is 0 Å². The van der Waals surface area contributed by atoms with E-state index in [0.29, 0.717) is 0 Å². The highest BCUT2D eigenvalue weighted by Gasteiger charge is 2.29. The lowest BCUT2D eigenvalue weighted by Crippen LogP contribution is -2.19. The maximum absolute atomic E-state index is 12.3. The van der Waals surface area contributed by atoms with Gasteiger partial charge in [-0.3, -0.25) is 5.32 Å². The maximum Gasteiger partial charge on any atom is 0.412 e. The molecule has 0 saturated heterocycles. The summed E-state index contributed by atoms with van der Waals surface area (Å²) in [5, 5.41) is 11.4. The van der Waals surface area contributed by atoms with Crippen molar-refractivity contribution in [2.75, 3.05) is 11.9 Å². The van der Waals surface area contributed by atoms with E-state index in [-0.39, 0.29) is 28.6 Å². The van der Waals surface area contributed by atoms with Crippen molar-refractivity contribution in [1.29, 1.82) is 0 Å². The second kappa shape index (κ2) is 7.40. The Bertz CT molecular complexity index is 1040. The summed E-state index contributed by atoms with van der Waals surface area (Å²) in [5.74, 6) is -1.33. The van der Waals surface area contributed by atoms with Crippen LogP contribution in [-0.4, -0.2) is 33.7 Å². The number of nitrogens with one attached hydrogen (secondary N) is 1. The number of amides is 1. The molecule has 7 nitrogen and oxygen atoms in total. The minimum atomic E-state index is -1.24. The van der Waals surface area contributed by atoms with E-state index < -0.39 is 12.1 Å². The number of hydrogen-bond donors (Lipinski definition) is 2. The van der Waals surface area contributed by atoms with Crippen LogP contribution < -0.4 is 5.32 Å². The van der Waals surface area contributed by atoms with Crippen LogP contribution in [0.5, 0.6) is 0 Å². The molecule has 0 fully saturated rings. The van der Waals surface area contributed by atoms with E-state index in [2.05, 4.69) is 43.3 Å². The number of ether oxygens (including phenoxy) is 1. The van der Waals surface area contributed by atoms with Gasteiger partial charge in [0.05, 0.1) is 6.20 Å².